The van der Waals surface area contributed by atoms with Gasteiger partial charge in [0.05, 0.1) is 17.4 Å². The summed E-state index contributed by atoms with van der Waals surface area (Å²) in [6.07, 6.45) is 1.53. The number of benzene rings is 1. The van der Waals surface area contributed by atoms with Crippen molar-refractivity contribution < 1.29 is 0 Å². The molecule has 3 N–H and O–H groups in total. The Morgan fingerprint density at radius 2 is 1.83 bits per heavy atom. The van der Waals surface area contributed by atoms with Gasteiger partial charge in [0, 0.05) is 5.69 Å². The Hall–Kier alpha value is -2.54. The number of aromatic nitrogens is 1. The van der Waals surface area contributed by atoms with Gasteiger partial charge in [-0.15, -0.1) is 0 Å². The van der Waals surface area contributed by atoms with Crippen LogP contribution in [0.1, 0.15) is 16.7 Å². The summed E-state index contributed by atoms with van der Waals surface area (Å²) in [5.41, 5.74) is 9.76. The van der Waals surface area contributed by atoms with Gasteiger partial charge in [0.2, 0.25) is 0 Å². The number of nitriles is 1. The van der Waals surface area contributed by atoms with E-state index in [0.717, 1.165) is 16.8 Å². The fourth-order valence-electron chi connectivity index (χ4n) is 1.85. The summed E-state index contributed by atoms with van der Waals surface area (Å²) in [7, 11) is 0. The van der Waals surface area contributed by atoms with Gasteiger partial charge in [0.25, 0.3) is 0 Å². The van der Waals surface area contributed by atoms with Crippen LogP contribution in [-0.2, 0) is 0 Å². The fourth-order valence-corrected chi connectivity index (χ4v) is 1.85. The van der Waals surface area contributed by atoms with Gasteiger partial charge in [-0.05, 0) is 43.2 Å². The quantitative estimate of drug-likeness (QED) is 0.843. The minimum Gasteiger partial charge on any atom is -0.397 e. The van der Waals surface area contributed by atoms with Crippen LogP contribution >= 0.6 is 0 Å². The SMILES string of the molecule is Cc1cc(C)cc(Nc2ncc(N)cc2C#N)c1. The van der Waals surface area contributed by atoms with E-state index in [1.807, 2.05) is 26.0 Å². The van der Waals surface area contributed by atoms with E-state index in [1.165, 1.54) is 6.20 Å². The first-order chi connectivity index (χ1) is 8.58. The Labute approximate surface area is 106 Å². The van der Waals surface area contributed by atoms with Crippen LogP contribution in [0.4, 0.5) is 17.2 Å². The minimum absolute atomic E-state index is 0.439. The number of nitrogen functional groups attached to an aromatic ring is 1. The smallest absolute Gasteiger partial charge is 0.148 e. The second-order valence-corrected chi connectivity index (χ2v) is 4.28. The van der Waals surface area contributed by atoms with Crippen LogP contribution in [0, 0.1) is 25.2 Å². The van der Waals surface area contributed by atoms with Crippen LogP contribution in [0.3, 0.4) is 0 Å². The highest BCUT2D eigenvalue weighted by molar-refractivity contribution is 5.65. The van der Waals surface area contributed by atoms with Crippen molar-refractivity contribution in [2.24, 2.45) is 0 Å². The molecule has 2 aromatic rings. The van der Waals surface area contributed by atoms with Gasteiger partial charge < -0.3 is 11.1 Å². The van der Waals surface area contributed by atoms with E-state index in [1.54, 1.807) is 6.07 Å². The number of anilines is 3. The summed E-state index contributed by atoms with van der Waals surface area (Å²) in [4.78, 5) is 4.15. The van der Waals surface area contributed by atoms with E-state index in [4.69, 9.17) is 11.0 Å². The van der Waals surface area contributed by atoms with Gasteiger partial charge in [-0.3, -0.25) is 0 Å². The molecule has 0 saturated heterocycles. The van der Waals surface area contributed by atoms with E-state index in [0.29, 0.717) is 17.1 Å². The Balaban J connectivity index is 2.37. The summed E-state index contributed by atoms with van der Waals surface area (Å²) in [5.74, 6) is 0.525. The van der Waals surface area contributed by atoms with Crippen LogP contribution in [-0.4, -0.2) is 4.98 Å². The largest absolute Gasteiger partial charge is 0.397 e. The maximum absolute atomic E-state index is 9.04. The van der Waals surface area contributed by atoms with E-state index < -0.39 is 0 Å². The minimum atomic E-state index is 0.439. The molecule has 90 valence electrons. The topological polar surface area (TPSA) is 74.7 Å². The monoisotopic (exact) mass is 238 g/mol. The summed E-state index contributed by atoms with van der Waals surface area (Å²) in [6, 6.07) is 9.79. The summed E-state index contributed by atoms with van der Waals surface area (Å²) in [5, 5.41) is 12.2. The molecule has 0 amide bonds. The maximum Gasteiger partial charge on any atom is 0.148 e. The lowest BCUT2D eigenvalue weighted by atomic mass is 10.1. The summed E-state index contributed by atoms with van der Waals surface area (Å²) >= 11 is 0. The first kappa shape index (κ1) is 11.9. The molecule has 4 nitrogen and oxygen atoms in total. The fraction of sp³-hybridized carbons (Fsp3) is 0.143. The zero-order valence-electron chi connectivity index (χ0n) is 10.4. The third-order valence-electron chi connectivity index (χ3n) is 2.51. The second-order valence-electron chi connectivity index (χ2n) is 4.28. The Kier molecular flexibility index (Phi) is 3.16. The van der Waals surface area contributed by atoms with Gasteiger partial charge in [0.15, 0.2) is 0 Å². The Morgan fingerprint density at radius 3 is 2.44 bits per heavy atom. The van der Waals surface area contributed by atoms with Crippen molar-refractivity contribution in [3.8, 4) is 6.07 Å². The molecular weight excluding hydrogens is 224 g/mol. The molecule has 0 spiro atoms. The first-order valence-electron chi connectivity index (χ1n) is 5.59. The van der Waals surface area contributed by atoms with Gasteiger partial charge >= 0.3 is 0 Å². The molecule has 0 bridgehead atoms. The first-order valence-corrected chi connectivity index (χ1v) is 5.59. The third-order valence-corrected chi connectivity index (χ3v) is 2.51. The number of nitrogens with one attached hydrogen (secondary N) is 1. The molecule has 0 fully saturated rings. The molecule has 0 atom stereocenters. The zero-order chi connectivity index (χ0) is 13.1. The number of pyridine rings is 1. The van der Waals surface area contributed by atoms with Gasteiger partial charge in [-0.2, -0.15) is 5.26 Å². The Bertz CT molecular complexity index is 606. The predicted molar refractivity (Wildman–Crippen MR) is 72.6 cm³/mol. The van der Waals surface area contributed by atoms with Crippen molar-refractivity contribution in [3.05, 3.63) is 47.2 Å². The van der Waals surface area contributed by atoms with E-state index >= 15 is 0 Å². The van der Waals surface area contributed by atoms with Crippen LogP contribution in [0.5, 0.6) is 0 Å². The average molecular weight is 238 g/mol. The highest BCUT2D eigenvalue weighted by atomic mass is 15.0. The number of hydrogen-bond donors (Lipinski definition) is 2. The molecule has 1 aromatic carbocycles. The van der Waals surface area contributed by atoms with Crippen molar-refractivity contribution in [1.29, 1.82) is 5.26 Å². The number of aryl methyl sites for hydroxylation is 2. The molecule has 0 aliphatic heterocycles. The van der Waals surface area contributed by atoms with Crippen molar-refractivity contribution in [2.45, 2.75) is 13.8 Å². The number of nitrogens with zero attached hydrogens (tertiary/aromatic N) is 2. The second kappa shape index (κ2) is 4.76. The number of hydrogen-bond acceptors (Lipinski definition) is 4. The van der Waals surface area contributed by atoms with Crippen molar-refractivity contribution in [2.75, 3.05) is 11.1 Å². The maximum atomic E-state index is 9.04. The van der Waals surface area contributed by atoms with Crippen LogP contribution in [0.15, 0.2) is 30.5 Å². The molecule has 0 aliphatic rings. The molecule has 0 radical (unpaired) electrons. The summed E-state index contributed by atoms with van der Waals surface area (Å²) in [6.45, 7) is 4.06. The van der Waals surface area contributed by atoms with E-state index in [-0.39, 0.29) is 0 Å². The predicted octanol–water partition coefficient (Wildman–Crippen LogP) is 2.90. The van der Waals surface area contributed by atoms with Gasteiger partial charge in [0.1, 0.15) is 11.9 Å². The lowest BCUT2D eigenvalue weighted by Gasteiger charge is -2.09. The zero-order valence-corrected chi connectivity index (χ0v) is 10.4. The number of rotatable bonds is 2. The average Bonchev–Trinajstić information content (AvgIpc) is 2.30. The van der Waals surface area contributed by atoms with Crippen LogP contribution in [0.25, 0.3) is 0 Å². The molecule has 4 heteroatoms. The molecule has 0 unspecified atom stereocenters. The Morgan fingerprint density at radius 1 is 1.17 bits per heavy atom. The lowest BCUT2D eigenvalue weighted by molar-refractivity contribution is 1.28. The molecule has 1 heterocycles. The van der Waals surface area contributed by atoms with E-state index in [9.17, 15) is 0 Å². The molecule has 0 saturated carbocycles. The molecule has 1 aromatic heterocycles. The third kappa shape index (κ3) is 2.58. The van der Waals surface area contributed by atoms with Crippen molar-refractivity contribution in [3.63, 3.8) is 0 Å². The van der Waals surface area contributed by atoms with Crippen LogP contribution < -0.4 is 11.1 Å². The normalized spacial score (nSPS) is 9.83. The summed E-state index contributed by atoms with van der Waals surface area (Å²) < 4.78 is 0. The highest BCUT2D eigenvalue weighted by Crippen LogP contribution is 2.21. The van der Waals surface area contributed by atoms with E-state index in [2.05, 4.69) is 22.4 Å². The highest BCUT2D eigenvalue weighted by Gasteiger charge is 2.05. The van der Waals surface area contributed by atoms with Crippen LogP contribution in [0.2, 0.25) is 0 Å². The molecular formula is C14H14N4. The van der Waals surface area contributed by atoms with Crippen molar-refractivity contribution in [1.82, 2.24) is 4.98 Å². The molecule has 2 rings (SSSR count). The molecule has 0 aliphatic carbocycles. The standard InChI is InChI=1S/C14H14N4/c1-9-3-10(2)5-13(4-9)18-14-11(7-15)6-12(16)8-17-14/h3-6,8H,16H2,1-2H3,(H,17,18). The molecule has 18 heavy (non-hydrogen) atoms. The van der Waals surface area contributed by atoms with Gasteiger partial charge in [-0.25, -0.2) is 4.98 Å². The number of nitrogens with two attached hydrogens (primary N) is 1. The van der Waals surface area contributed by atoms with Crippen molar-refractivity contribution >= 4 is 17.2 Å². The van der Waals surface area contributed by atoms with Gasteiger partial charge in [-0.1, -0.05) is 6.07 Å². The lowest BCUT2D eigenvalue weighted by Crippen LogP contribution is -1.99.